The summed E-state index contributed by atoms with van der Waals surface area (Å²) in [6, 6.07) is 2.10. The molecule has 1 aliphatic rings. The summed E-state index contributed by atoms with van der Waals surface area (Å²) in [5, 5.41) is 12.9. The average Bonchev–Trinajstić information content (AvgIpc) is 2.74. The number of likely N-dealkylation sites (tertiary alicyclic amines) is 1. The van der Waals surface area contributed by atoms with E-state index in [2.05, 4.69) is 28.3 Å². The Morgan fingerprint density at radius 1 is 1.75 bits per heavy atom. The van der Waals surface area contributed by atoms with Crippen LogP contribution in [0.25, 0.3) is 0 Å². The van der Waals surface area contributed by atoms with Crippen LogP contribution < -0.4 is 5.32 Å². The van der Waals surface area contributed by atoms with E-state index in [0.717, 1.165) is 18.2 Å². The topological polar surface area (TPSA) is 52.0 Å². The van der Waals surface area contributed by atoms with Gasteiger partial charge in [0.15, 0.2) is 5.13 Å². The standard InChI is InChI=1S/C11H16N4S/c1-15-4-2-3-9(8-15)6-13-11-14-7-10(5-12)16-11/h7,9H,2-4,6,8H2,1H3,(H,13,14). The van der Waals surface area contributed by atoms with Crippen LogP contribution in [0.1, 0.15) is 17.7 Å². The molecule has 1 atom stereocenters. The lowest BCUT2D eigenvalue weighted by molar-refractivity contribution is 0.217. The van der Waals surface area contributed by atoms with E-state index in [-0.39, 0.29) is 0 Å². The van der Waals surface area contributed by atoms with Gasteiger partial charge in [-0.15, -0.1) is 0 Å². The maximum absolute atomic E-state index is 8.69. The molecule has 1 aliphatic heterocycles. The largest absolute Gasteiger partial charge is 0.361 e. The van der Waals surface area contributed by atoms with E-state index >= 15 is 0 Å². The molecule has 1 aromatic heterocycles. The van der Waals surface area contributed by atoms with E-state index in [4.69, 9.17) is 5.26 Å². The van der Waals surface area contributed by atoms with Gasteiger partial charge in [0.25, 0.3) is 0 Å². The minimum atomic E-state index is 0.670. The van der Waals surface area contributed by atoms with Gasteiger partial charge in [0, 0.05) is 13.1 Å². The van der Waals surface area contributed by atoms with E-state index in [0.29, 0.717) is 10.8 Å². The van der Waals surface area contributed by atoms with E-state index in [1.165, 1.54) is 30.7 Å². The Kier molecular flexibility index (Phi) is 3.75. The lowest BCUT2D eigenvalue weighted by atomic mass is 9.99. The summed E-state index contributed by atoms with van der Waals surface area (Å²) in [5.74, 6) is 0.702. The highest BCUT2D eigenvalue weighted by atomic mass is 32.1. The Balaban J connectivity index is 1.80. The van der Waals surface area contributed by atoms with Crippen LogP contribution in [0, 0.1) is 17.2 Å². The van der Waals surface area contributed by atoms with Crippen molar-refractivity contribution >= 4 is 16.5 Å². The van der Waals surface area contributed by atoms with Gasteiger partial charge in [0.1, 0.15) is 10.9 Å². The molecule has 0 aromatic carbocycles. The maximum atomic E-state index is 8.69. The van der Waals surface area contributed by atoms with Crippen LogP contribution >= 0.6 is 11.3 Å². The van der Waals surface area contributed by atoms with E-state index in [9.17, 15) is 0 Å². The summed E-state index contributed by atoms with van der Waals surface area (Å²) >= 11 is 1.43. The SMILES string of the molecule is CN1CCCC(CNc2ncc(C#N)s2)C1. The minimum Gasteiger partial charge on any atom is -0.361 e. The molecule has 4 nitrogen and oxygen atoms in total. The third kappa shape index (κ3) is 2.94. The molecule has 5 heteroatoms. The first-order chi connectivity index (χ1) is 7.78. The average molecular weight is 236 g/mol. The van der Waals surface area contributed by atoms with Crippen LogP contribution in [0.3, 0.4) is 0 Å². The molecule has 1 aromatic rings. The second kappa shape index (κ2) is 5.28. The van der Waals surface area contributed by atoms with E-state index in [1.54, 1.807) is 6.20 Å². The van der Waals surface area contributed by atoms with Crippen LogP contribution in [0.5, 0.6) is 0 Å². The molecule has 16 heavy (non-hydrogen) atoms. The Hall–Kier alpha value is -1.12. The first kappa shape index (κ1) is 11.4. The fourth-order valence-corrected chi connectivity index (χ4v) is 2.70. The highest BCUT2D eigenvalue weighted by molar-refractivity contribution is 7.16. The first-order valence-corrected chi connectivity index (χ1v) is 6.38. The van der Waals surface area contributed by atoms with Gasteiger partial charge < -0.3 is 10.2 Å². The molecule has 86 valence electrons. The summed E-state index contributed by atoms with van der Waals surface area (Å²) in [6.07, 6.45) is 4.19. The number of piperidine rings is 1. The molecular weight excluding hydrogens is 220 g/mol. The fraction of sp³-hybridized carbons (Fsp3) is 0.636. The monoisotopic (exact) mass is 236 g/mol. The summed E-state index contributed by atoms with van der Waals surface area (Å²) < 4.78 is 0. The van der Waals surface area contributed by atoms with Crippen molar-refractivity contribution in [2.45, 2.75) is 12.8 Å². The van der Waals surface area contributed by atoms with Crippen LogP contribution in [0.15, 0.2) is 6.20 Å². The van der Waals surface area contributed by atoms with Crippen molar-refractivity contribution in [3.8, 4) is 6.07 Å². The Bertz CT molecular complexity index is 382. The summed E-state index contributed by atoms with van der Waals surface area (Å²) in [7, 11) is 2.17. The number of hydrogen-bond acceptors (Lipinski definition) is 5. The smallest absolute Gasteiger partial charge is 0.183 e. The van der Waals surface area contributed by atoms with E-state index < -0.39 is 0 Å². The predicted octanol–water partition coefficient (Wildman–Crippen LogP) is 1.77. The number of hydrogen-bond donors (Lipinski definition) is 1. The van der Waals surface area contributed by atoms with Crippen LogP contribution in [0.2, 0.25) is 0 Å². The predicted molar refractivity (Wildman–Crippen MR) is 65.5 cm³/mol. The van der Waals surface area contributed by atoms with Gasteiger partial charge in [-0.3, -0.25) is 0 Å². The summed E-state index contributed by atoms with van der Waals surface area (Å²) in [6.45, 7) is 3.33. The highest BCUT2D eigenvalue weighted by Gasteiger charge is 2.17. The van der Waals surface area contributed by atoms with Gasteiger partial charge in [-0.05, 0) is 32.4 Å². The van der Waals surface area contributed by atoms with Crippen LogP contribution in [-0.4, -0.2) is 36.6 Å². The van der Waals surface area contributed by atoms with Crippen molar-refractivity contribution in [1.82, 2.24) is 9.88 Å². The number of aromatic nitrogens is 1. The Morgan fingerprint density at radius 3 is 3.31 bits per heavy atom. The quantitative estimate of drug-likeness (QED) is 0.869. The third-order valence-electron chi connectivity index (χ3n) is 2.88. The molecule has 1 fully saturated rings. The van der Waals surface area contributed by atoms with Crippen LogP contribution in [-0.2, 0) is 0 Å². The van der Waals surface area contributed by atoms with Gasteiger partial charge >= 0.3 is 0 Å². The maximum Gasteiger partial charge on any atom is 0.183 e. The third-order valence-corrected chi connectivity index (χ3v) is 3.74. The van der Waals surface area contributed by atoms with Gasteiger partial charge in [0.2, 0.25) is 0 Å². The Morgan fingerprint density at radius 2 is 2.62 bits per heavy atom. The molecular formula is C11H16N4S. The minimum absolute atomic E-state index is 0.670. The van der Waals surface area contributed by atoms with Crippen molar-refractivity contribution in [2.24, 2.45) is 5.92 Å². The molecule has 1 unspecified atom stereocenters. The van der Waals surface area contributed by atoms with Gasteiger partial charge in [-0.25, -0.2) is 4.98 Å². The number of anilines is 1. The molecule has 1 saturated heterocycles. The van der Waals surface area contributed by atoms with Gasteiger partial charge in [0.05, 0.1) is 6.20 Å². The Labute approximate surface area is 99.9 Å². The van der Waals surface area contributed by atoms with Crippen molar-refractivity contribution in [3.05, 3.63) is 11.1 Å². The normalized spacial score (nSPS) is 21.6. The first-order valence-electron chi connectivity index (χ1n) is 5.56. The van der Waals surface area contributed by atoms with E-state index in [1.807, 2.05) is 0 Å². The summed E-state index contributed by atoms with van der Waals surface area (Å²) in [4.78, 5) is 7.20. The molecule has 0 bridgehead atoms. The molecule has 2 rings (SSSR count). The molecule has 0 aliphatic carbocycles. The number of thiazole rings is 1. The second-order valence-corrected chi connectivity index (χ2v) is 5.32. The summed E-state index contributed by atoms with van der Waals surface area (Å²) in [5.41, 5.74) is 0. The van der Waals surface area contributed by atoms with Crippen molar-refractivity contribution in [3.63, 3.8) is 0 Å². The molecule has 0 amide bonds. The zero-order chi connectivity index (χ0) is 11.4. The fourth-order valence-electron chi connectivity index (χ4n) is 2.08. The zero-order valence-electron chi connectivity index (χ0n) is 9.44. The van der Waals surface area contributed by atoms with Crippen LogP contribution in [0.4, 0.5) is 5.13 Å². The second-order valence-electron chi connectivity index (χ2n) is 4.29. The number of nitrogens with one attached hydrogen (secondary N) is 1. The molecule has 0 radical (unpaired) electrons. The van der Waals surface area contributed by atoms with Crippen molar-refractivity contribution in [1.29, 1.82) is 5.26 Å². The lowest BCUT2D eigenvalue weighted by Crippen LogP contribution is -2.35. The van der Waals surface area contributed by atoms with Crippen molar-refractivity contribution < 1.29 is 0 Å². The molecule has 2 heterocycles. The van der Waals surface area contributed by atoms with Gasteiger partial charge in [-0.2, -0.15) is 5.26 Å². The number of nitriles is 1. The number of rotatable bonds is 3. The number of nitrogens with zero attached hydrogens (tertiary/aromatic N) is 3. The molecule has 0 saturated carbocycles. The lowest BCUT2D eigenvalue weighted by Gasteiger charge is -2.29. The van der Waals surface area contributed by atoms with Crippen molar-refractivity contribution in [2.75, 3.05) is 32.0 Å². The van der Waals surface area contributed by atoms with Gasteiger partial charge in [-0.1, -0.05) is 11.3 Å². The highest BCUT2D eigenvalue weighted by Crippen LogP contribution is 2.19. The molecule has 1 N–H and O–H groups in total. The zero-order valence-corrected chi connectivity index (χ0v) is 10.3. The molecule has 0 spiro atoms.